The summed E-state index contributed by atoms with van der Waals surface area (Å²) in [5.41, 5.74) is 0.201. The van der Waals surface area contributed by atoms with E-state index in [0.29, 0.717) is 25.1 Å². The topological polar surface area (TPSA) is 153 Å². The van der Waals surface area contributed by atoms with Gasteiger partial charge in [-0.25, -0.2) is 4.79 Å². The smallest absolute Gasteiger partial charge is 0.407 e. The number of ketones is 1. The number of likely N-dealkylation sites (tertiary alicyclic amines) is 1. The SMILES string of the molecule is COC(=O)N[C@H](C(=O)N1CCC[C@H]1C(=O)N[C@H](C(=O)c1nnc(C(C)(C)c2ccc(OC)cc2)o1)C(C)C)C(C)C. The summed E-state index contributed by atoms with van der Waals surface area (Å²) in [6, 6.07) is 4.84. The Bertz CT molecular complexity index is 1240. The van der Waals surface area contributed by atoms with Crippen molar-refractivity contribution in [3.05, 3.63) is 41.6 Å². The van der Waals surface area contributed by atoms with Crippen LogP contribution >= 0.6 is 0 Å². The molecule has 3 atom stereocenters. The van der Waals surface area contributed by atoms with Crippen LogP contribution in [0.3, 0.4) is 0 Å². The summed E-state index contributed by atoms with van der Waals surface area (Å²) in [6.07, 6.45) is 0.317. The Kier molecular flexibility index (Phi) is 10.1. The van der Waals surface area contributed by atoms with Crippen LogP contribution in [0.25, 0.3) is 0 Å². The van der Waals surface area contributed by atoms with Gasteiger partial charge in [-0.05, 0) is 56.2 Å². The van der Waals surface area contributed by atoms with Crippen molar-refractivity contribution in [2.75, 3.05) is 20.8 Å². The van der Waals surface area contributed by atoms with Crippen molar-refractivity contribution in [1.29, 1.82) is 0 Å². The predicted octanol–water partition coefficient (Wildman–Crippen LogP) is 3.10. The Labute approximate surface area is 240 Å². The molecular weight excluding hydrogens is 530 g/mol. The molecule has 1 aromatic heterocycles. The molecule has 0 aliphatic carbocycles. The van der Waals surface area contributed by atoms with Crippen molar-refractivity contribution in [2.24, 2.45) is 11.8 Å². The molecular formula is C29H41N5O7. The Hall–Kier alpha value is -3.96. The average molecular weight is 572 g/mol. The van der Waals surface area contributed by atoms with E-state index in [4.69, 9.17) is 9.15 Å². The van der Waals surface area contributed by atoms with Crippen molar-refractivity contribution in [1.82, 2.24) is 25.7 Å². The molecule has 0 unspecified atom stereocenters. The van der Waals surface area contributed by atoms with Crippen LogP contribution in [0.4, 0.5) is 4.79 Å². The number of benzene rings is 1. The lowest BCUT2D eigenvalue weighted by Crippen LogP contribution is -2.57. The van der Waals surface area contributed by atoms with E-state index in [9.17, 15) is 19.2 Å². The van der Waals surface area contributed by atoms with Gasteiger partial charge in [0.05, 0.1) is 25.7 Å². The minimum absolute atomic E-state index is 0.206. The fourth-order valence-electron chi connectivity index (χ4n) is 4.81. The van der Waals surface area contributed by atoms with Crippen LogP contribution in [-0.2, 0) is 19.7 Å². The lowest BCUT2D eigenvalue weighted by Gasteiger charge is -2.31. The Morgan fingerprint density at radius 2 is 1.61 bits per heavy atom. The number of methoxy groups -OCH3 is 2. The molecule has 1 aliphatic rings. The zero-order chi connectivity index (χ0) is 30.5. The molecule has 3 rings (SSSR count). The molecule has 224 valence electrons. The largest absolute Gasteiger partial charge is 0.497 e. The maximum atomic E-state index is 13.5. The van der Waals surface area contributed by atoms with Crippen molar-refractivity contribution >= 4 is 23.7 Å². The molecule has 0 bridgehead atoms. The first-order valence-corrected chi connectivity index (χ1v) is 13.8. The Morgan fingerprint density at radius 1 is 0.976 bits per heavy atom. The Morgan fingerprint density at radius 3 is 2.17 bits per heavy atom. The maximum Gasteiger partial charge on any atom is 0.407 e. The number of carbonyl (C=O) groups is 4. The maximum absolute atomic E-state index is 13.5. The van der Waals surface area contributed by atoms with Crippen molar-refractivity contribution < 1.29 is 33.1 Å². The number of alkyl carbamates (subject to hydrolysis) is 1. The monoisotopic (exact) mass is 571 g/mol. The van der Waals surface area contributed by atoms with E-state index in [1.807, 2.05) is 38.1 Å². The minimum atomic E-state index is -0.952. The third-order valence-corrected chi connectivity index (χ3v) is 7.46. The quantitative estimate of drug-likeness (QED) is 0.387. The minimum Gasteiger partial charge on any atom is -0.497 e. The Balaban J connectivity index is 1.77. The number of amides is 3. The summed E-state index contributed by atoms with van der Waals surface area (Å²) in [5, 5.41) is 13.5. The number of aromatic nitrogens is 2. The molecule has 2 N–H and O–H groups in total. The van der Waals surface area contributed by atoms with Gasteiger partial charge in [0.1, 0.15) is 17.8 Å². The zero-order valence-corrected chi connectivity index (χ0v) is 25.0. The fraction of sp³-hybridized carbons (Fsp3) is 0.586. The third kappa shape index (κ3) is 7.04. The molecule has 3 amide bonds. The number of Topliss-reactive ketones (excluding diaryl/α,β-unsaturated/α-hetero) is 1. The van der Waals surface area contributed by atoms with Crippen LogP contribution in [0.5, 0.6) is 5.75 Å². The molecule has 0 saturated carbocycles. The van der Waals surface area contributed by atoms with Crippen LogP contribution in [0.15, 0.2) is 28.7 Å². The number of hydrogen-bond donors (Lipinski definition) is 2. The van der Waals surface area contributed by atoms with E-state index in [0.717, 1.165) is 5.56 Å². The first-order valence-electron chi connectivity index (χ1n) is 13.8. The van der Waals surface area contributed by atoms with E-state index in [1.165, 1.54) is 12.0 Å². The lowest BCUT2D eigenvalue weighted by molar-refractivity contribution is -0.141. The fourth-order valence-corrected chi connectivity index (χ4v) is 4.81. The normalized spacial score (nSPS) is 16.8. The molecule has 41 heavy (non-hydrogen) atoms. The molecule has 1 fully saturated rings. The van der Waals surface area contributed by atoms with Crippen LogP contribution in [0.2, 0.25) is 0 Å². The number of rotatable bonds is 11. The van der Waals surface area contributed by atoms with Crippen LogP contribution in [0, 0.1) is 11.8 Å². The van der Waals surface area contributed by atoms with Crippen molar-refractivity contribution in [3.8, 4) is 5.75 Å². The van der Waals surface area contributed by atoms with Gasteiger partial charge >= 0.3 is 6.09 Å². The molecule has 2 heterocycles. The van der Waals surface area contributed by atoms with Gasteiger partial charge in [0.2, 0.25) is 23.5 Å². The van der Waals surface area contributed by atoms with Gasteiger partial charge in [-0.1, -0.05) is 39.8 Å². The van der Waals surface area contributed by atoms with Gasteiger partial charge in [-0.2, -0.15) is 0 Å². The molecule has 12 heteroatoms. The summed E-state index contributed by atoms with van der Waals surface area (Å²) in [7, 11) is 2.81. The van der Waals surface area contributed by atoms with Crippen LogP contribution in [-0.4, -0.2) is 77.7 Å². The van der Waals surface area contributed by atoms with Gasteiger partial charge in [0.15, 0.2) is 0 Å². The predicted molar refractivity (Wildman–Crippen MR) is 149 cm³/mol. The van der Waals surface area contributed by atoms with Gasteiger partial charge < -0.3 is 29.4 Å². The van der Waals surface area contributed by atoms with Gasteiger partial charge in [-0.15, -0.1) is 10.2 Å². The molecule has 0 spiro atoms. The van der Waals surface area contributed by atoms with E-state index in [-0.39, 0.29) is 29.5 Å². The van der Waals surface area contributed by atoms with Crippen LogP contribution < -0.4 is 15.4 Å². The number of hydrogen-bond acceptors (Lipinski definition) is 9. The summed E-state index contributed by atoms with van der Waals surface area (Å²) >= 11 is 0. The van der Waals surface area contributed by atoms with Crippen LogP contribution in [0.1, 0.15) is 76.5 Å². The highest BCUT2D eigenvalue weighted by Gasteiger charge is 2.41. The summed E-state index contributed by atoms with van der Waals surface area (Å²) in [6.45, 7) is 11.4. The highest BCUT2D eigenvalue weighted by Crippen LogP contribution is 2.32. The second-order valence-electron chi connectivity index (χ2n) is 11.4. The number of ether oxygens (including phenoxy) is 2. The molecule has 12 nitrogen and oxygen atoms in total. The second kappa shape index (κ2) is 13.1. The lowest BCUT2D eigenvalue weighted by atomic mass is 9.84. The van der Waals surface area contributed by atoms with E-state index in [2.05, 4.69) is 25.6 Å². The van der Waals surface area contributed by atoms with Crippen molar-refractivity contribution in [2.45, 2.75) is 77.9 Å². The zero-order valence-electron chi connectivity index (χ0n) is 25.0. The molecule has 0 radical (unpaired) electrons. The second-order valence-corrected chi connectivity index (χ2v) is 11.4. The van der Waals surface area contributed by atoms with Gasteiger partial charge in [-0.3, -0.25) is 14.4 Å². The highest BCUT2D eigenvalue weighted by molar-refractivity contribution is 6.00. The summed E-state index contributed by atoms with van der Waals surface area (Å²) in [5.74, 6) is -1.12. The molecule has 1 saturated heterocycles. The number of nitrogens with zero attached hydrogens (tertiary/aromatic N) is 3. The number of carbonyl (C=O) groups excluding carboxylic acids is 4. The number of nitrogens with one attached hydrogen (secondary N) is 2. The standard InChI is InChI=1S/C29H41N5O7/c1-16(2)21(23(35)25-32-33-27(41-25)29(5,6)18-11-13-19(39-7)14-12-18)30-24(36)20-10-9-15-34(20)26(37)22(17(3)4)31-28(38)40-8/h11-14,16-17,20-22H,9-10,15H2,1-8H3,(H,30,36)(H,31,38)/t20-,21-,22-/m0/s1. The first-order chi connectivity index (χ1) is 19.3. The average Bonchev–Trinajstić information content (AvgIpc) is 3.64. The van der Waals surface area contributed by atoms with Gasteiger partial charge in [0.25, 0.3) is 5.89 Å². The molecule has 1 aromatic carbocycles. The first kappa shape index (κ1) is 31.6. The van der Waals surface area contributed by atoms with E-state index < -0.39 is 41.3 Å². The van der Waals surface area contributed by atoms with E-state index >= 15 is 0 Å². The highest BCUT2D eigenvalue weighted by atomic mass is 16.5. The molecule has 2 aromatic rings. The van der Waals surface area contributed by atoms with E-state index in [1.54, 1.807) is 34.8 Å². The summed E-state index contributed by atoms with van der Waals surface area (Å²) < 4.78 is 15.7. The molecule has 1 aliphatic heterocycles. The van der Waals surface area contributed by atoms with Gasteiger partial charge in [0, 0.05) is 6.54 Å². The summed E-state index contributed by atoms with van der Waals surface area (Å²) in [4.78, 5) is 53.6. The van der Waals surface area contributed by atoms with Crippen molar-refractivity contribution in [3.63, 3.8) is 0 Å². The third-order valence-electron chi connectivity index (χ3n) is 7.46.